The van der Waals surface area contributed by atoms with Crippen molar-refractivity contribution in [3.63, 3.8) is 0 Å². The maximum absolute atomic E-state index is 12.2. The maximum Gasteiger partial charge on any atom is 0.330 e. The van der Waals surface area contributed by atoms with Crippen LogP contribution in [0.25, 0.3) is 0 Å². The molecule has 1 N–H and O–H groups in total. The molecule has 12 heteroatoms. The SMILES string of the molecule is CC(C)(C)[Si](C)(C)O[C@H]1C[C@H](n2ccc(=O)[nH]c2=O)O[C@@H]1COP1(=S)SCCS1. The number of rotatable bonds is 6. The fraction of sp³-hybridized carbons (Fsp3) is 0.765. The van der Waals surface area contributed by atoms with Gasteiger partial charge in [-0.25, -0.2) is 4.79 Å². The van der Waals surface area contributed by atoms with Gasteiger partial charge in [0.25, 0.3) is 5.56 Å². The molecule has 0 spiro atoms. The molecule has 0 aliphatic carbocycles. The molecule has 0 saturated carbocycles. The summed E-state index contributed by atoms with van der Waals surface area (Å²) < 4.78 is 18.5. The zero-order valence-electron chi connectivity index (χ0n) is 17.4. The van der Waals surface area contributed by atoms with Crippen LogP contribution >= 0.6 is 27.4 Å². The Balaban J connectivity index is 1.80. The summed E-state index contributed by atoms with van der Waals surface area (Å²) >= 11 is 9.16. The average molecular weight is 497 g/mol. The highest BCUT2D eigenvalue weighted by molar-refractivity contribution is 9.00. The van der Waals surface area contributed by atoms with Crippen LogP contribution in [0.4, 0.5) is 0 Å². The molecule has 2 aliphatic rings. The minimum atomic E-state index is -2.05. The Kier molecular flexibility index (Phi) is 7.33. The lowest BCUT2D eigenvalue weighted by Crippen LogP contribution is -2.46. The Hall–Kier alpha value is 0.127. The van der Waals surface area contributed by atoms with E-state index in [9.17, 15) is 9.59 Å². The van der Waals surface area contributed by atoms with Crippen molar-refractivity contribution < 1.29 is 13.7 Å². The quantitative estimate of drug-likeness (QED) is 0.469. The molecule has 3 heterocycles. The summed E-state index contributed by atoms with van der Waals surface area (Å²) in [7, 11) is -2.05. The van der Waals surface area contributed by atoms with E-state index in [4.69, 9.17) is 25.5 Å². The lowest BCUT2D eigenvalue weighted by Gasteiger charge is -2.39. The first-order chi connectivity index (χ1) is 13.4. The average Bonchev–Trinajstić information content (AvgIpc) is 3.19. The summed E-state index contributed by atoms with van der Waals surface area (Å²) in [5.41, 5.74) is -0.907. The minimum Gasteiger partial charge on any atom is -0.411 e. The number of nitrogens with zero attached hydrogens (tertiary/aromatic N) is 1. The van der Waals surface area contributed by atoms with Crippen LogP contribution in [0, 0.1) is 0 Å². The van der Waals surface area contributed by atoms with Crippen LogP contribution in [0.15, 0.2) is 21.9 Å². The van der Waals surface area contributed by atoms with E-state index < -0.39 is 30.5 Å². The number of ether oxygens (including phenoxy) is 1. The normalized spacial score (nSPS) is 27.4. The molecule has 7 nitrogen and oxygen atoms in total. The second kappa shape index (κ2) is 8.94. The summed E-state index contributed by atoms with van der Waals surface area (Å²) in [5, 5.41) is 0.0503. The monoisotopic (exact) mass is 496 g/mol. The van der Waals surface area contributed by atoms with Gasteiger partial charge >= 0.3 is 5.69 Å². The van der Waals surface area contributed by atoms with Crippen molar-refractivity contribution in [3.05, 3.63) is 33.1 Å². The molecular formula is C17H29N2O5PS3Si. The molecule has 2 fully saturated rings. The van der Waals surface area contributed by atoms with E-state index in [2.05, 4.69) is 38.8 Å². The third-order valence-corrected chi connectivity index (χ3v) is 19.9. The molecule has 164 valence electrons. The van der Waals surface area contributed by atoms with Crippen LogP contribution in [-0.4, -0.2) is 48.2 Å². The van der Waals surface area contributed by atoms with Gasteiger partial charge in [0.15, 0.2) is 13.0 Å². The summed E-state index contributed by atoms with van der Waals surface area (Å²) in [6, 6.07) is 1.33. The van der Waals surface area contributed by atoms with Gasteiger partial charge in [-0.05, 0) is 29.9 Å². The van der Waals surface area contributed by atoms with Gasteiger partial charge in [-0.2, -0.15) is 0 Å². The van der Waals surface area contributed by atoms with Crippen molar-refractivity contribution in [3.8, 4) is 0 Å². The van der Waals surface area contributed by atoms with Crippen LogP contribution in [0.1, 0.15) is 33.4 Å². The van der Waals surface area contributed by atoms with Crippen LogP contribution in [0.3, 0.4) is 0 Å². The summed E-state index contributed by atoms with van der Waals surface area (Å²) in [6.45, 7) is 11.3. The second-order valence-corrected chi connectivity index (χ2v) is 24.2. The lowest BCUT2D eigenvalue weighted by molar-refractivity contribution is -0.0366. The van der Waals surface area contributed by atoms with Gasteiger partial charge in [0.05, 0.1) is 12.7 Å². The smallest absolute Gasteiger partial charge is 0.330 e. The first-order valence-electron chi connectivity index (χ1n) is 9.59. The number of H-pyrrole nitrogens is 1. The Labute approximate surface area is 185 Å². The van der Waals surface area contributed by atoms with E-state index >= 15 is 0 Å². The van der Waals surface area contributed by atoms with Crippen LogP contribution in [0.2, 0.25) is 18.1 Å². The van der Waals surface area contributed by atoms with E-state index in [1.54, 1.807) is 22.8 Å². The summed E-state index contributed by atoms with van der Waals surface area (Å²) in [4.78, 5) is 25.9. The molecule has 3 rings (SSSR count). The van der Waals surface area contributed by atoms with E-state index in [-0.39, 0.29) is 17.2 Å². The Morgan fingerprint density at radius 2 is 2.00 bits per heavy atom. The molecule has 3 atom stereocenters. The third kappa shape index (κ3) is 5.68. The standard InChI is InChI=1S/C17H29N2O5PS3Si/c1-17(2,3)29(4,5)24-12-10-15(19-7-6-14(20)18-16(19)21)23-13(12)11-22-25(26)27-8-9-28-25/h6-7,12-13,15H,8-11H2,1-5H3,(H,18,20,21)/t12-,13+,15+/m0/s1. The van der Waals surface area contributed by atoms with Crippen molar-refractivity contribution in [1.82, 2.24) is 9.55 Å². The highest BCUT2D eigenvalue weighted by Crippen LogP contribution is 2.74. The zero-order valence-corrected chi connectivity index (χ0v) is 21.7. The van der Waals surface area contributed by atoms with Gasteiger partial charge in [0.2, 0.25) is 0 Å². The predicted molar refractivity (Wildman–Crippen MR) is 127 cm³/mol. The molecule has 0 aromatic carbocycles. The molecule has 1 aromatic heterocycles. The van der Waals surface area contributed by atoms with Gasteiger partial charge < -0.3 is 13.7 Å². The highest BCUT2D eigenvalue weighted by Gasteiger charge is 2.45. The van der Waals surface area contributed by atoms with E-state index in [0.717, 1.165) is 11.5 Å². The second-order valence-electron chi connectivity index (χ2n) is 8.71. The topological polar surface area (TPSA) is 82.6 Å². The van der Waals surface area contributed by atoms with Gasteiger partial charge in [0, 0.05) is 30.2 Å². The third-order valence-electron chi connectivity index (χ3n) is 5.57. The van der Waals surface area contributed by atoms with E-state index in [1.165, 1.54) is 16.8 Å². The Morgan fingerprint density at radius 3 is 2.59 bits per heavy atom. The van der Waals surface area contributed by atoms with Crippen LogP contribution in [0.5, 0.6) is 0 Å². The molecule has 2 aliphatic heterocycles. The lowest BCUT2D eigenvalue weighted by atomic mass is 10.2. The summed E-state index contributed by atoms with van der Waals surface area (Å²) in [5.74, 6) is 2.04. The van der Waals surface area contributed by atoms with E-state index in [1.807, 2.05) is 0 Å². The molecule has 0 bridgehead atoms. The Morgan fingerprint density at radius 1 is 1.34 bits per heavy atom. The first-order valence-corrected chi connectivity index (χ1v) is 18.4. The number of aromatic nitrogens is 2. The van der Waals surface area contributed by atoms with Crippen molar-refractivity contribution in [1.29, 1.82) is 0 Å². The molecule has 29 heavy (non-hydrogen) atoms. The van der Waals surface area contributed by atoms with Crippen molar-refractivity contribution >= 4 is 47.6 Å². The van der Waals surface area contributed by atoms with Gasteiger partial charge in [-0.15, -0.1) is 0 Å². The molecule has 0 unspecified atom stereocenters. The van der Waals surface area contributed by atoms with Gasteiger partial charge in [-0.3, -0.25) is 14.3 Å². The Bertz CT molecular complexity index is 890. The number of hydrogen-bond donors (Lipinski definition) is 1. The molecule has 0 radical (unpaired) electrons. The zero-order chi connectivity index (χ0) is 21.4. The molecule has 0 amide bonds. The van der Waals surface area contributed by atoms with Gasteiger partial charge in [-0.1, -0.05) is 43.5 Å². The molecular weight excluding hydrogens is 467 g/mol. The largest absolute Gasteiger partial charge is 0.411 e. The van der Waals surface area contributed by atoms with Crippen LogP contribution < -0.4 is 11.2 Å². The first kappa shape index (κ1) is 23.8. The highest BCUT2D eigenvalue weighted by atomic mass is 33.2. The molecule has 1 aromatic rings. The molecule has 2 saturated heterocycles. The maximum atomic E-state index is 12.2. The summed E-state index contributed by atoms with van der Waals surface area (Å²) in [6.07, 6.45) is 0.984. The van der Waals surface area contributed by atoms with E-state index in [0.29, 0.717) is 13.0 Å². The number of hydrogen-bond acceptors (Lipinski definition) is 8. The van der Waals surface area contributed by atoms with Gasteiger partial charge in [0.1, 0.15) is 12.3 Å². The van der Waals surface area contributed by atoms with Crippen molar-refractivity contribution in [2.75, 3.05) is 18.1 Å². The van der Waals surface area contributed by atoms with Crippen molar-refractivity contribution in [2.24, 2.45) is 0 Å². The van der Waals surface area contributed by atoms with Crippen molar-refractivity contribution in [2.45, 2.75) is 63.8 Å². The van der Waals surface area contributed by atoms with Crippen LogP contribution in [-0.2, 0) is 25.5 Å². The fourth-order valence-electron chi connectivity index (χ4n) is 2.93. The number of nitrogens with one attached hydrogen (secondary N) is 1. The predicted octanol–water partition coefficient (Wildman–Crippen LogP) is 3.94. The minimum absolute atomic E-state index is 0.0503. The fourth-order valence-corrected chi connectivity index (χ4v) is 13.1. The number of aromatic amines is 1.